The van der Waals surface area contributed by atoms with Crippen molar-refractivity contribution in [2.75, 3.05) is 0 Å². The highest BCUT2D eigenvalue weighted by Gasteiger charge is 2.20. The number of carboxylic acids is 1. The summed E-state index contributed by atoms with van der Waals surface area (Å²) in [5, 5.41) is 12.3. The van der Waals surface area contributed by atoms with Gasteiger partial charge in [0, 0.05) is 0 Å². The molecule has 5 heteroatoms. The van der Waals surface area contributed by atoms with Crippen LogP contribution in [-0.4, -0.2) is 16.2 Å². The maximum Gasteiger partial charge on any atom is 0.358 e. The second-order valence-electron chi connectivity index (χ2n) is 3.28. The Balaban J connectivity index is 2.63. The summed E-state index contributed by atoms with van der Waals surface area (Å²) in [5.41, 5.74) is 0.547. The fourth-order valence-electron chi connectivity index (χ4n) is 1.50. The molecule has 0 aliphatic carbocycles. The van der Waals surface area contributed by atoms with Crippen LogP contribution in [0.4, 0.5) is 4.39 Å². The fourth-order valence-corrected chi connectivity index (χ4v) is 1.50. The highest BCUT2D eigenvalue weighted by Crippen LogP contribution is 2.27. The molecule has 1 aromatic heterocycles. The minimum atomic E-state index is -1.20. The molecular weight excluding hydrogens is 213 g/mol. The van der Waals surface area contributed by atoms with E-state index in [0.717, 1.165) is 0 Å². The lowest BCUT2D eigenvalue weighted by Gasteiger charge is -1.99. The van der Waals surface area contributed by atoms with Gasteiger partial charge in [-0.2, -0.15) is 0 Å². The van der Waals surface area contributed by atoms with Crippen LogP contribution in [0.5, 0.6) is 0 Å². The van der Waals surface area contributed by atoms with Gasteiger partial charge in [0.05, 0.1) is 5.56 Å². The smallest absolute Gasteiger partial charge is 0.358 e. The zero-order chi connectivity index (χ0) is 11.7. The molecule has 1 heterocycles. The first-order valence-electron chi connectivity index (χ1n) is 4.55. The van der Waals surface area contributed by atoms with E-state index in [4.69, 9.17) is 9.63 Å². The number of hydrogen-bond acceptors (Lipinski definition) is 3. The average molecular weight is 221 g/mol. The number of aromatic nitrogens is 1. The summed E-state index contributed by atoms with van der Waals surface area (Å²) in [6.45, 7) is 1.58. The third-order valence-electron chi connectivity index (χ3n) is 2.18. The summed E-state index contributed by atoms with van der Waals surface area (Å²) in [6.07, 6.45) is 0. The summed E-state index contributed by atoms with van der Waals surface area (Å²) in [5.74, 6) is -1.28. The SMILES string of the molecule is Cc1onc(C(=O)O)c1-c1cccc(F)c1. The van der Waals surface area contributed by atoms with Gasteiger partial charge in [-0.15, -0.1) is 0 Å². The lowest BCUT2D eigenvalue weighted by atomic mass is 10.0. The van der Waals surface area contributed by atoms with E-state index in [1.807, 2.05) is 0 Å². The first-order chi connectivity index (χ1) is 7.59. The van der Waals surface area contributed by atoms with Crippen LogP contribution in [0.1, 0.15) is 16.2 Å². The molecule has 0 spiro atoms. The summed E-state index contributed by atoms with van der Waals surface area (Å²) < 4.78 is 17.8. The lowest BCUT2D eigenvalue weighted by Crippen LogP contribution is -1.99. The maximum absolute atomic E-state index is 13.0. The minimum Gasteiger partial charge on any atom is -0.476 e. The number of carboxylic acid groups (broad SMARTS) is 1. The molecule has 82 valence electrons. The normalized spacial score (nSPS) is 10.4. The van der Waals surface area contributed by atoms with Crippen molar-refractivity contribution in [1.82, 2.24) is 5.16 Å². The Bertz CT molecular complexity index is 548. The summed E-state index contributed by atoms with van der Waals surface area (Å²) in [7, 11) is 0. The highest BCUT2D eigenvalue weighted by molar-refractivity contribution is 5.94. The van der Waals surface area contributed by atoms with E-state index in [-0.39, 0.29) is 5.69 Å². The molecule has 2 rings (SSSR count). The predicted molar refractivity (Wildman–Crippen MR) is 53.6 cm³/mol. The van der Waals surface area contributed by atoms with Gasteiger partial charge in [-0.1, -0.05) is 17.3 Å². The molecule has 0 fully saturated rings. The Hall–Kier alpha value is -2.17. The van der Waals surface area contributed by atoms with Crippen molar-refractivity contribution in [1.29, 1.82) is 0 Å². The van der Waals surface area contributed by atoms with Gasteiger partial charge in [-0.3, -0.25) is 0 Å². The summed E-state index contributed by atoms with van der Waals surface area (Å²) in [6, 6.07) is 5.64. The molecule has 0 atom stereocenters. The average Bonchev–Trinajstić information content (AvgIpc) is 2.60. The molecule has 0 saturated heterocycles. The molecule has 0 radical (unpaired) electrons. The quantitative estimate of drug-likeness (QED) is 0.846. The van der Waals surface area contributed by atoms with E-state index in [1.165, 1.54) is 18.2 Å². The van der Waals surface area contributed by atoms with Gasteiger partial charge >= 0.3 is 5.97 Å². The number of benzene rings is 1. The Morgan fingerprint density at radius 2 is 2.25 bits per heavy atom. The summed E-state index contributed by atoms with van der Waals surface area (Å²) >= 11 is 0. The van der Waals surface area contributed by atoms with Gasteiger partial charge in [0.25, 0.3) is 0 Å². The topological polar surface area (TPSA) is 63.3 Å². The van der Waals surface area contributed by atoms with Gasteiger partial charge < -0.3 is 9.63 Å². The molecule has 0 aliphatic heterocycles. The van der Waals surface area contributed by atoms with Crippen LogP contribution >= 0.6 is 0 Å². The number of rotatable bonds is 2. The van der Waals surface area contributed by atoms with E-state index in [0.29, 0.717) is 16.9 Å². The summed E-state index contributed by atoms with van der Waals surface area (Å²) in [4.78, 5) is 10.9. The van der Waals surface area contributed by atoms with Crippen LogP contribution < -0.4 is 0 Å². The molecule has 0 bridgehead atoms. The van der Waals surface area contributed by atoms with E-state index >= 15 is 0 Å². The Labute approximate surface area is 90.3 Å². The van der Waals surface area contributed by atoms with E-state index in [2.05, 4.69) is 5.16 Å². The molecule has 0 unspecified atom stereocenters. The number of aromatic carboxylic acids is 1. The molecule has 2 aromatic rings. The number of hydrogen-bond donors (Lipinski definition) is 1. The van der Waals surface area contributed by atoms with Crippen molar-refractivity contribution in [3.05, 3.63) is 41.5 Å². The largest absolute Gasteiger partial charge is 0.476 e. The Morgan fingerprint density at radius 3 is 2.88 bits per heavy atom. The van der Waals surface area contributed by atoms with Crippen molar-refractivity contribution >= 4 is 5.97 Å². The van der Waals surface area contributed by atoms with Crippen LogP contribution in [-0.2, 0) is 0 Å². The maximum atomic E-state index is 13.0. The molecule has 0 aliphatic rings. The van der Waals surface area contributed by atoms with Crippen molar-refractivity contribution in [2.45, 2.75) is 6.92 Å². The van der Waals surface area contributed by atoms with Crippen molar-refractivity contribution in [2.24, 2.45) is 0 Å². The van der Waals surface area contributed by atoms with Gasteiger partial charge in [-0.25, -0.2) is 9.18 Å². The number of aryl methyl sites for hydroxylation is 1. The predicted octanol–water partition coefficient (Wildman–Crippen LogP) is 2.49. The minimum absolute atomic E-state index is 0.205. The standard InChI is InChI=1S/C11H8FNO3/c1-6-9(10(11(14)15)13-16-6)7-3-2-4-8(12)5-7/h2-5H,1H3,(H,14,15). The molecular formula is C11H8FNO3. The zero-order valence-corrected chi connectivity index (χ0v) is 8.40. The van der Waals surface area contributed by atoms with Crippen molar-refractivity contribution < 1.29 is 18.8 Å². The van der Waals surface area contributed by atoms with Gasteiger partial charge in [0.1, 0.15) is 11.6 Å². The van der Waals surface area contributed by atoms with Crippen LogP contribution in [0.2, 0.25) is 0 Å². The van der Waals surface area contributed by atoms with Crippen LogP contribution in [0.15, 0.2) is 28.8 Å². The lowest BCUT2D eigenvalue weighted by molar-refractivity contribution is 0.0686. The zero-order valence-electron chi connectivity index (χ0n) is 8.40. The van der Waals surface area contributed by atoms with Gasteiger partial charge in [0.15, 0.2) is 5.69 Å². The van der Waals surface area contributed by atoms with Gasteiger partial charge in [-0.05, 0) is 24.6 Å². The van der Waals surface area contributed by atoms with Crippen LogP contribution in [0.25, 0.3) is 11.1 Å². The number of carbonyl (C=O) groups is 1. The number of nitrogens with zero attached hydrogens (tertiary/aromatic N) is 1. The number of halogens is 1. The molecule has 1 N–H and O–H groups in total. The fraction of sp³-hybridized carbons (Fsp3) is 0.0909. The monoisotopic (exact) mass is 221 g/mol. The van der Waals surface area contributed by atoms with E-state index in [1.54, 1.807) is 13.0 Å². The van der Waals surface area contributed by atoms with E-state index in [9.17, 15) is 9.18 Å². The first-order valence-corrected chi connectivity index (χ1v) is 4.55. The second-order valence-corrected chi connectivity index (χ2v) is 3.28. The third-order valence-corrected chi connectivity index (χ3v) is 2.18. The Morgan fingerprint density at radius 1 is 1.50 bits per heavy atom. The molecule has 16 heavy (non-hydrogen) atoms. The highest BCUT2D eigenvalue weighted by atomic mass is 19.1. The van der Waals surface area contributed by atoms with Gasteiger partial charge in [0.2, 0.25) is 0 Å². The van der Waals surface area contributed by atoms with Crippen molar-refractivity contribution in [3.63, 3.8) is 0 Å². The first kappa shape index (κ1) is 10.4. The molecule has 4 nitrogen and oxygen atoms in total. The molecule has 0 amide bonds. The van der Waals surface area contributed by atoms with Crippen LogP contribution in [0.3, 0.4) is 0 Å². The molecule has 1 aromatic carbocycles. The Kier molecular flexibility index (Phi) is 2.44. The van der Waals surface area contributed by atoms with Crippen molar-refractivity contribution in [3.8, 4) is 11.1 Å². The van der Waals surface area contributed by atoms with Crippen LogP contribution in [0, 0.1) is 12.7 Å². The van der Waals surface area contributed by atoms with E-state index < -0.39 is 11.8 Å². The third kappa shape index (κ3) is 1.67. The molecule has 0 saturated carbocycles. The second kappa shape index (κ2) is 3.77.